The van der Waals surface area contributed by atoms with E-state index in [4.69, 9.17) is 11.5 Å². The fourth-order valence-corrected chi connectivity index (χ4v) is 3.12. The van der Waals surface area contributed by atoms with Gasteiger partial charge >= 0.3 is 0 Å². The second-order valence-corrected chi connectivity index (χ2v) is 6.88. The number of hydrogen-bond donors (Lipinski definition) is 2. The van der Waals surface area contributed by atoms with Crippen molar-refractivity contribution in [2.24, 2.45) is 5.73 Å². The maximum Gasteiger partial charge on any atom is 0.0394 e. The van der Waals surface area contributed by atoms with Gasteiger partial charge in [-0.15, -0.1) is 0 Å². The van der Waals surface area contributed by atoms with Gasteiger partial charge in [0.25, 0.3) is 0 Å². The third-order valence-corrected chi connectivity index (χ3v) is 4.81. The summed E-state index contributed by atoms with van der Waals surface area (Å²) in [7, 11) is 0. The molecule has 26 heavy (non-hydrogen) atoms. The third-order valence-electron chi connectivity index (χ3n) is 4.81. The SMILES string of the molecule is C=C(/C(C)=C(\C(N)=C(\C)CCC)c1ccccc1N)c1ccc(C)cc1. The molecule has 0 amide bonds. The highest BCUT2D eigenvalue weighted by molar-refractivity contribution is 5.96. The van der Waals surface area contributed by atoms with Crippen molar-refractivity contribution in [1.29, 1.82) is 0 Å². The van der Waals surface area contributed by atoms with Gasteiger partial charge in [0.15, 0.2) is 0 Å². The van der Waals surface area contributed by atoms with E-state index in [-0.39, 0.29) is 0 Å². The number of anilines is 1. The Balaban J connectivity index is 2.67. The number of allylic oxidation sites excluding steroid dienone is 4. The normalized spacial score (nSPS) is 13.1. The zero-order valence-electron chi connectivity index (χ0n) is 16.4. The molecule has 2 heteroatoms. The molecule has 0 aliphatic heterocycles. The first-order valence-corrected chi connectivity index (χ1v) is 9.14. The van der Waals surface area contributed by atoms with Crippen molar-refractivity contribution in [1.82, 2.24) is 0 Å². The lowest BCUT2D eigenvalue weighted by Gasteiger charge is -2.19. The van der Waals surface area contributed by atoms with E-state index in [1.807, 2.05) is 24.3 Å². The summed E-state index contributed by atoms with van der Waals surface area (Å²) < 4.78 is 0. The molecular formula is C24H30N2. The second-order valence-electron chi connectivity index (χ2n) is 6.88. The first-order chi connectivity index (χ1) is 12.4. The molecule has 0 aliphatic rings. The molecular weight excluding hydrogens is 316 g/mol. The van der Waals surface area contributed by atoms with Crippen LogP contribution in [-0.4, -0.2) is 0 Å². The number of hydrogen-bond acceptors (Lipinski definition) is 2. The molecule has 2 aromatic rings. The summed E-state index contributed by atoms with van der Waals surface area (Å²) in [5, 5.41) is 0. The van der Waals surface area contributed by atoms with Crippen LogP contribution in [0.15, 0.2) is 72.0 Å². The number of para-hydroxylation sites is 1. The van der Waals surface area contributed by atoms with Crippen LogP contribution in [0.2, 0.25) is 0 Å². The number of aryl methyl sites for hydroxylation is 1. The van der Waals surface area contributed by atoms with Crippen molar-refractivity contribution >= 4 is 16.8 Å². The lowest BCUT2D eigenvalue weighted by Crippen LogP contribution is -2.08. The average Bonchev–Trinajstić information content (AvgIpc) is 2.63. The summed E-state index contributed by atoms with van der Waals surface area (Å²) in [6, 6.07) is 16.3. The molecule has 0 bridgehead atoms. The van der Waals surface area contributed by atoms with E-state index in [9.17, 15) is 0 Å². The Bertz CT molecular complexity index is 852. The maximum absolute atomic E-state index is 6.61. The van der Waals surface area contributed by atoms with Crippen molar-refractivity contribution in [2.45, 2.75) is 40.5 Å². The Hall–Kier alpha value is -2.74. The topological polar surface area (TPSA) is 52.0 Å². The Morgan fingerprint density at radius 3 is 2.19 bits per heavy atom. The molecule has 0 unspecified atom stereocenters. The van der Waals surface area contributed by atoms with E-state index in [2.05, 4.69) is 58.5 Å². The molecule has 0 spiro atoms. The Labute approximate surface area is 157 Å². The standard InChI is InChI=1S/C24H30N2/c1-6-9-17(3)24(26)23(21-10-7-8-11-22(21)25)19(5)18(4)20-14-12-16(2)13-15-20/h7-8,10-15H,4,6,9,25-26H2,1-3,5H3/b23-19-,24-17+. The van der Waals surface area contributed by atoms with Crippen LogP contribution in [0.4, 0.5) is 5.69 Å². The molecule has 2 aromatic carbocycles. The van der Waals surface area contributed by atoms with E-state index in [1.54, 1.807) is 0 Å². The fourth-order valence-electron chi connectivity index (χ4n) is 3.12. The highest BCUT2D eigenvalue weighted by atomic mass is 14.6. The Kier molecular flexibility index (Phi) is 6.46. The van der Waals surface area contributed by atoms with Gasteiger partial charge in [-0.3, -0.25) is 0 Å². The molecule has 0 radical (unpaired) electrons. The van der Waals surface area contributed by atoms with Gasteiger partial charge in [-0.1, -0.05) is 68.0 Å². The summed E-state index contributed by atoms with van der Waals surface area (Å²) >= 11 is 0. The number of nitrogens with two attached hydrogens (primary N) is 2. The van der Waals surface area contributed by atoms with Crippen molar-refractivity contribution in [2.75, 3.05) is 5.73 Å². The summed E-state index contributed by atoms with van der Waals surface area (Å²) in [6.07, 6.45) is 2.02. The quantitative estimate of drug-likeness (QED) is 0.490. The largest absolute Gasteiger partial charge is 0.398 e. The van der Waals surface area contributed by atoms with Crippen molar-refractivity contribution in [3.63, 3.8) is 0 Å². The highest BCUT2D eigenvalue weighted by Crippen LogP contribution is 2.35. The molecule has 0 aliphatic carbocycles. The molecule has 4 N–H and O–H groups in total. The highest BCUT2D eigenvalue weighted by Gasteiger charge is 2.16. The number of benzene rings is 2. The van der Waals surface area contributed by atoms with Crippen LogP contribution in [0.3, 0.4) is 0 Å². The van der Waals surface area contributed by atoms with Crippen molar-refractivity contribution < 1.29 is 0 Å². The minimum atomic E-state index is 0.728. The summed E-state index contributed by atoms with van der Waals surface area (Å²) in [5.74, 6) is 0. The monoisotopic (exact) mass is 346 g/mol. The second kappa shape index (κ2) is 8.57. The predicted octanol–water partition coefficient (Wildman–Crippen LogP) is 6.10. The lowest BCUT2D eigenvalue weighted by atomic mass is 9.88. The smallest absolute Gasteiger partial charge is 0.0394 e. The van der Waals surface area contributed by atoms with Crippen LogP contribution in [0.5, 0.6) is 0 Å². The van der Waals surface area contributed by atoms with E-state index in [0.717, 1.165) is 52.1 Å². The third kappa shape index (κ3) is 4.26. The minimum absolute atomic E-state index is 0.728. The Morgan fingerprint density at radius 2 is 1.62 bits per heavy atom. The average molecular weight is 347 g/mol. The first kappa shape index (κ1) is 19.6. The minimum Gasteiger partial charge on any atom is -0.398 e. The van der Waals surface area contributed by atoms with E-state index >= 15 is 0 Å². The van der Waals surface area contributed by atoms with Crippen LogP contribution in [-0.2, 0) is 0 Å². The molecule has 2 nitrogen and oxygen atoms in total. The molecule has 136 valence electrons. The van der Waals surface area contributed by atoms with E-state index in [1.165, 1.54) is 11.1 Å². The van der Waals surface area contributed by atoms with Gasteiger partial charge in [-0.05, 0) is 55.5 Å². The van der Waals surface area contributed by atoms with Gasteiger partial charge in [0, 0.05) is 22.5 Å². The lowest BCUT2D eigenvalue weighted by molar-refractivity contribution is 0.893. The predicted molar refractivity (Wildman–Crippen MR) is 115 cm³/mol. The molecule has 0 heterocycles. The van der Waals surface area contributed by atoms with Gasteiger partial charge in [0.2, 0.25) is 0 Å². The summed E-state index contributed by atoms with van der Waals surface area (Å²) in [5.41, 5.74) is 21.9. The molecule has 0 saturated heterocycles. The van der Waals surface area contributed by atoms with Crippen molar-refractivity contribution in [3.05, 3.63) is 88.6 Å². The van der Waals surface area contributed by atoms with Gasteiger partial charge in [-0.2, -0.15) is 0 Å². The molecule has 0 aromatic heterocycles. The van der Waals surface area contributed by atoms with Crippen LogP contribution in [0, 0.1) is 6.92 Å². The molecule has 2 rings (SSSR count). The summed E-state index contributed by atoms with van der Waals surface area (Å²) in [4.78, 5) is 0. The maximum atomic E-state index is 6.61. The van der Waals surface area contributed by atoms with Gasteiger partial charge in [0.05, 0.1) is 0 Å². The van der Waals surface area contributed by atoms with Gasteiger partial charge in [-0.25, -0.2) is 0 Å². The van der Waals surface area contributed by atoms with Crippen LogP contribution < -0.4 is 11.5 Å². The molecule has 0 fully saturated rings. The van der Waals surface area contributed by atoms with Crippen LogP contribution in [0.1, 0.15) is 50.3 Å². The van der Waals surface area contributed by atoms with Gasteiger partial charge < -0.3 is 11.5 Å². The zero-order chi connectivity index (χ0) is 19.3. The van der Waals surface area contributed by atoms with Crippen LogP contribution >= 0.6 is 0 Å². The Morgan fingerprint density at radius 1 is 1.00 bits per heavy atom. The summed E-state index contributed by atoms with van der Waals surface area (Å²) in [6.45, 7) is 12.8. The number of rotatable bonds is 6. The molecule has 0 atom stereocenters. The first-order valence-electron chi connectivity index (χ1n) is 9.14. The van der Waals surface area contributed by atoms with Crippen LogP contribution in [0.25, 0.3) is 11.1 Å². The van der Waals surface area contributed by atoms with Gasteiger partial charge in [0.1, 0.15) is 0 Å². The molecule has 0 saturated carbocycles. The van der Waals surface area contributed by atoms with E-state index < -0.39 is 0 Å². The van der Waals surface area contributed by atoms with Crippen molar-refractivity contribution in [3.8, 4) is 0 Å². The van der Waals surface area contributed by atoms with E-state index in [0.29, 0.717) is 0 Å². The fraction of sp³-hybridized carbons (Fsp3) is 0.250. The zero-order valence-corrected chi connectivity index (χ0v) is 16.4. The number of nitrogen functional groups attached to an aromatic ring is 1.